The van der Waals surface area contributed by atoms with Gasteiger partial charge in [-0.25, -0.2) is 0 Å². The molecule has 1 N–H and O–H groups in total. The number of hydrogen-bond acceptors (Lipinski definition) is 7. The van der Waals surface area contributed by atoms with Crippen molar-refractivity contribution in [2.45, 2.75) is 44.1 Å². The SMILES string of the molecule is COc1ccc(C(=O)Nc2nnc(SCC(=O)N(C(C)C)C(C)C)s2)cc1. The second-order valence-electron chi connectivity index (χ2n) is 6.33. The average molecular weight is 409 g/mol. The standard InChI is InChI=1S/C18H24N4O3S2/c1-11(2)22(12(3)4)15(23)10-26-18-21-20-17(27-18)19-16(24)13-6-8-14(25-5)9-7-13/h6-9,11-12H,10H2,1-5H3,(H,19,20,24). The maximum Gasteiger partial charge on any atom is 0.257 e. The number of carbonyl (C=O) groups is 2. The van der Waals surface area contributed by atoms with Crippen LogP contribution in [-0.2, 0) is 4.79 Å². The molecule has 2 amide bonds. The lowest BCUT2D eigenvalue weighted by atomic mass is 10.2. The number of amides is 2. The van der Waals surface area contributed by atoms with E-state index in [0.717, 1.165) is 0 Å². The second-order valence-corrected chi connectivity index (χ2v) is 8.53. The molecule has 1 aromatic heterocycles. The quantitative estimate of drug-likeness (QED) is 0.531. The normalized spacial score (nSPS) is 10.9. The first-order valence-electron chi connectivity index (χ1n) is 8.54. The number of hydrogen-bond donors (Lipinski definition) is 1. The predicted molar refractivity (Wildman–Crippen MR) is 109 cm³/mol. The van der Waals surface area contributed by atoms with Gasteiger partial charge in [-0.3, -0.25) is 14.9 Å². The molecule has 27 heavy (non-hydrogen) atoms. The lowest BCUT2D eigenvalue weighted by Crippen LogP contribution is -2.43. The van der Waals surface area contributed by atoms with Crippen LogP contribution in [0.15, 0.2) is 28.6 Å². The van der Waals surface area contributed by atoms with Crippen molar-refractivity contribution in [1.82, 2.24) is 15.1 Å². The first-order chi connectivity index (χ1) is 12.8. The molecule has 1 aromatic carbocycles. The number of nitrogens with one attached hydrogen (secondary N) is 1. The lowest BCUT2D eigenvalue weighted by Gasteiger charge is -2.30. The Morgan fingerprint density at radius 1 is 1.15 bits per heavy atom. The fourth-order valence-electron chi connectivity index (χ4n) is 2.60. The molecule has 2 rings (SSSR count). The highest BCUT2D eigenvalue weighted by Gasteiger charge is 2.20. The smallest absolute Gasteiger partial charge is 0.257 e. The summed E-state index contributed by atoms with van der Waals surface area (Å²) in [5, 5.41) is 11.1. The molecule has 0 spiro atoms. The summed E-state index contributed by atoms with van der Waals surface area (Å²) < 4.78 is 5.72. The summed E-state index contributed by atoms with van der Waals surface area (Å²) in [7, 11) is 1.57. The van der Waals surface area contributed by atoms with Crippen LogP contribution in [0.3, 0.4) is 0 Å². The molecule has 0 unspecified atom stereocenters. The fourth-order valence-corrected chi connectivity index (χ4v) is 4.22. The maximum atomic E-state index is 12.4. The number of rotatable bonds is 8. The van der Waals surface area contributed by atoms with Crippen LogP contribution in [0.5, 0.6) is 5.75 Å². The minimum atomic E-state index is -0.271. The summed E-state index contributed by atoms with van der Waals surface area (Å²) in [6, 6.07) is 7.08. The third kappa shape index (κ3) is 5.93. The van der Waals surface area contributed by atoms with Crippen LogP contribution in [0.1, 0.15) is 38.1 Å². The summed E-state index contributed by atoms with van der Waals surface area (Å²) in [6.45, 7) is 8.00. The van der Waals surface area contributed by atoms with Crippen molar-refractivity contribution in [2.24, 2.45) is 0 Å². The highest BCUT2D eigenvalue weighted by molar-refractivity contribution is 8.01. The van der Waals surface area contributed by atoms with Crippen molar-refractivity contribution < 1.29 is 14.3 Å². The number of aromatic nitrogens is 2. The number of nitrogens with zero attached hydrogens (tertiary/aromatic N) is 3. The summed E-state index contributed by atoms with van der Waals surface area (Å²) in [6.07, 6.45) is 0. The zero-order valence-electron chi connectivity index (χ0n) is 16.1. The fraction of sp³-hybridized carbons (Fsp3) is 0.444. The van der Waals surface area contributed by atoms with E-state index in [9.17, 15) is 9.59 Å². The molecule has 0 fully saturated rings. The molecular weight excluding hydrogens is 384 g/mol. The molecule has 0 aliphatic carbocycles. The van der Waals surface area contributed by atoms with Crippen LogP contribution in [0.25, 0.3) is 0 Å². The molecular formula is C18H24N4O3S2. The van der Waals surface area contributed by atoms with Crippen molar-refractivity contribution in [1.29, 1.82) is 0 Å². The van der Waals surface area contributed by atoms with Gasteiger partial charge in [-0.05, 0) is 52.0 Å². The molecule has 1 heterocycles. The highest BCUT2D eigenvalue weighted by atomic mass is 32.2. The van der Waals surface area contributed by atoms with Crippen LogP contribution in [0.2, 0.25) is 0 Å². The average Bonchev–Trinajstić information content (AvgIpc) is 3.06. The Bertz CT molecular complexity index is 767. The maximum absolute atomic E-state index is 12.4. The van der Waals surface area contributed by atoms with Gasteiger partial charge in [0, 0.05) is 17.6 Å². The molecule has 2 aromatic rings. The van der Waals surface area contributed by atoms with Gasteiger partial charge in [-0.2, -0.15) is 0 Å². The molecule has 0 bridgehead atoms. The Balaban J connectivity index is 1.92. The molecule has 0 aliphatic rings. The summed E-state index contributed by atoms with van der Waals surface area (Å²) in [5.74, 6) is 0.760. The number of carbonyl (C=O) groups excluding carboxylic acids is 2. The zero-order chi connectivity index (χ0) is 20.0. The molecule has 0 atom stereocenters. The van der Waals surface area contributed by atoms with E-state index in [-0.39, 0.29) is 29.7 Å². The number of benzene rings is 1. The van der Waals surface area contributed by atoms with E-state index in [1.54, 1.807) is 31.4 Å². The van der Waals surface area contributed by atoms with E-state index >= 15 is 0 Å². The molecule has 7 nitrogen and oxygen atoms in total. The zero-order valence-corrected chi connectivity index (χ0v) is 17.7. The third-order valence-electron chi connectivity index (χ3n) is 3.70. The molecule has 9 heteroatoms. The van der Waals surface area contributed by atoms with Gasteiger partial charge in [0.1, 0.15) is 5.75 Å². The summed E-state index contributed by atoms with van der Waals surface area (Å²) >= 11 is 2.57. The van der Waals surface area contributed by atoms with Gasteiger partial charge < -0.3 is 9.64 Å². The Hall–Kier alpha value is -2.13. The highest BCUT2D eigenvalue weighted by Crippen LogP contribution is 2.26. The van der Waals surface area contributed by atoms with Crippen LogP contribution < -0.4 is 10.1 Å². The van der Waals surface area contributed by atoms with Gasteiger partial charge >= 0.3 is 0 Å². The number of methoxy groups -OCH3 is 1. The molecule has 0 saturated heterocycles. The minimum absolute atomic E-state index is 0.0593. The van der Waals surface area contributed by atoms with Crippen molar-refractivity contribution in [3.05, 3.63) is 29.8 Å². The number of ether oxygens (including phenoxy) is 1. The van der Waals surface area contributed by atoms with Crippen molar-refractivity contribution in [3.8, 4) is 5.75 Å². The van der Waals surface area contributed by atoms with E-state index in [1.165, 1.54) is 23.1 Å². The topological polar surface area (TPSA) is 84.4 Å². The molecule has 146 valence electrons. The van der Waals surface area contributed by atoms with E-state index in [0.29, 0.717) is 20.8 Å². The largest absolute Gasteiger partial charge is 0.497 e. The summed E-state index contributed by atoms with van der Waals surface area (Å²) in [5.41, 5.74) is 0.500. The summed E-state index contributed by atoms with van der Waals surface area (Å²) in [4.78, 5) is 26.5. The molecule has 0 aliphatic heterocycles. The van der Waals surface area contributed by atoms with Crippen molar-refractivity contribution in [2.75, 3.05) is 18.2 Å². The lowest BCUT2D eigenvalue weighted by molar-refractivity contribution is -0.131. The predicted octanol–water partition coefficient (Wildman–Crippen LogP) is 3.54. The van der Waals surface area contributed by atoms with Gasteiger partial charge in [-0.15, -0.1) is 10.2 Å². The Morgan fingerprint density at radius 3 is 2.33 bits per heavy atom. The van der Waals surface area contributed by atoms with Crippen LogP contribution >= 0.6 is 23.1 Å². The first kappa shape index (κ1) is 21.2. The molecule has 0 saturated carbocycles. The molecule has 0 radical (unpaired) electrons. The van der Waals surface area contributed by atoms with Gasteiger partial charge in [0.05, 0.1) is 12.9 Å². The third-order valence-corrected chi connectivity index (χ3v) is 5.66. The minimum Gasteiger partial charge on any atom is -0.497 e. The monoisotopic (exact) mass is 408 g/mol. The van der Waals surface area contributed by atoms with Crippen LogP contribution in [0, 0.1) is 0 Å². The van der Waals surface area contributed by atoms with Gasteiger partial charge in [0.25, 0.3) is 5.91 Å². The Morgan fingerprint density at radius 2 is 1.78 bits per heavy atom. The Labute approximate surface area is 167 Å². The van der Waals surface area contributed by atoms with E-state index in [1.807, 2.05) is 32.6 Å². The van der Waals surface area contributed by atoms with Crippen molar-refractivity contribution >= 4 is 40.0 Å². The second kappa shape index (κ2) is 9.70. The number of thioether (sulfide) groups is 1. The van der Waals surface area contributed by atoms with Gasteiger partial charge in [-0.1, -0.05) is 23.1 Å². The first-order valence-corrected chi connectivity index (χ1v) is 10.3. The van der Waals surface area contributed by atoms with E-state index in [4.69, 9.17) is 4.74 Å². The van der Waals surface area contributed by atoms with Crippen LogP contribution in [-0.4, -0.2) is 51.9 Å². The van der Waals surface area contributed by atoms with Crippen LogP contribution in [0.4, 0.5) is 5.13 Å². The van der Waals surface area contributed by atoms with E-state index < -0.39 is 0 Å². The van der Waals surface area contributed by atoms with Gasteiger partial charge in [0.15, 0.2) is 4.34 Å². The Kier molecular flexibility index (Phi) is 7.61. The number of anilines is 1. The van der Waals surface area contributed by atoms with Gasteiger partial charge in [0.2, 0.25) is 11.0 Å². The van der Waals surface area contributed by atoms with E-state index in [2.05, 4.69) is 15.5 Å². The van der Waals surface area contributed by atoms with Crippen molar-refractivity contribution in [3.63, 3.8) is 0 Å².